The molecule has 17 heavy (non-hydrogen) atoms. The zero-order valence-corrected chi connectivity index (χ0v) is 10.4. The number of piperidine rings is 1. The number of hydrogen-bond donors (Lipinski definition) is 2. The number of nitrogens with two attached hydrogens (primary N) is 1. The summed E-state index contributed by atoms with van der Waals surface area (Å²) in [7, 11) is 1.53. The topological polar surface area (TPSA) is 86.9 Å². The number of amides is 2. The fraction of sp³-hybridized carbons (Fsp3) is 0.818. The van der Waals surface area contributed by atoms with Crippen LogP contribution in [0.3, 0.4) is 0 Å². The Morgan fingerprint density at radius 1 is 1.59 bits per heavy atom. The number of aliphatic carboxylic acids is 1. The Morgan fingerprint density at radius 3 is 2.71 bits per heavy atom. The molecule has 0 aromatic rings. The Bertz CT molecular complexity index is 296. The van der Waals surface area contributed by atoms with Crippen molar-refractivity contribution in [1.82, 2.24) is 9.80 Å². The molecule has 2 atom stereocenters. The first kappa shape index (κ1) is 13.8. The SMILES string of the molecule is CCC(C(=O)O)N(C)C(=O)N1CCCC(N)C1. The molecule has 1 rings (SSSR count). The highest BCUT2D eigenvalue weighted by Crippen LogP contribution is 2.12. The summed E-state index contributed by atoms with van der Waals surface area (Å²) < 4.78 is 0. The fourth-order valence-electron chi connectivity index (χ4n) is 2.15. The van der Waals surface area contributed by atoms with Gasteiger partial charge >= 0.3 is 12.0 Å². The van der Waals surface area contributed by atoms with E-state index < -0.39 is 12.0 Å². The van der Waals surface area contributed by atoms with Crippen molar-refractivity contribution >= 4 is 12.0 Å². The Labute approximate surface area is 101 Å². The van der Waals surface area contributed by atoms with E-state index in [-0.39, 0.29) is 12.1 Å². The van der Waals surface area contributed by atoms with Crippen LogP contribution in [0.5, 0.6) is 0 Å². The maximum absolute atomic E-state index is 12.1. The molecule has 0 saturated carbocycles. The number of likely N-dealkylation sites (tertiary alicyclic amines) is 1. The minimum Gasteiger partial charge on any atom is -0.480 e. The number of likely N-dealkylation sites (N-methyl/N-ethyl adjacent to an activating group) is 1. The normalized spacial score (nSPS) is 22.1. The molecule has 6 heteroatoms. The number of nitrogens with zero attached hydrogens (tertiary/aromatic N) is 2. The summed E-state index contributed by atoms with van der Waals surface area (Å²) in [6.45, 7) is 2.93. The average Bonchev–Trinajstić information content (AvgIpc) is 2.28. The standard InChI is InChI=1S/C11H21N3O3/c1-3-9(10(15)16)13(2)11(17)14-6-4-5-8(12)7-14/h8-9H,3-7,12H2,1-2H3,(H,15,16). The van der Waals surface area contributed by atoms with Crippen LogP contribution >= 0.6 is 0 Å². The first-order valence-corrected chi connectivity index (χ1v) is 5.97. The van der Waals surface area contributed by atoms with Crippen LogP contribution < -0.4 is 5.73 Å². The van der Waals surface area contributed by atoms with Gasteiger partial charge in [-0.3, -0.25) is 0 Å². The quantitative estimate of drug-likeness (QED) is 0.747. The van der Waals surface area contributed by atoms with E-state index in [0.29, 0.717) is 19.5 Å². The highest BCUT2D eigenvalue weighted by atomic mass is 16.4. The van der Waals surface area contributed by atoms with E-state index in [1.54, 1.807) is 11.8 Å². The molecule has 0 aliphatic carbocycles. The number of hydrogen-bond acceptors (Lipinski definition) is 3. The van der Waals surface area contributed by atoms with Crippen molar-refractivity contribution in [2.45, 2.75) is 38.3 Å². The molecule has 6 nitrogen and oxygen atoms in total. The first-order chi connectivity index (χ1) is 7.97. The van der Waals surface area contributed by atoms with Crippen LogP contribution in [0.15, 0.2) is 0 Å². The van der Waals surface area contributed by atoms with Crippen molar-refractivity contribution in [2.24, 2.45) is 5.73 Å². The minimum atomic E-state index is -0.968. The summed E-state index contributed by atoms with van der Waals surface area (Å²) in [6.07, 6.45) is 2.20. The molecular formula is C11H21N3O3. The Hall–Kier alpha value is -1.30. The van der Waals surface area contributed by atoms with Gasteiger partial charge < -0.3 is 20.6 Å². The third-order valence-electron chi connectivity index (χ3n) is 3.17. The highest BCUT2D eigenvalue weighted by molar-refractivity contribution is 5.82. The third kappa shape index (κ3) is 3.33. The van der Waals surface area contributed by atoms with E-state index >= 15 is 0 Å². The number of carboxylic acid groups (broad SMARTS) is 1. The summed E-state index contributed by atoms with van der Waals surface area (Å²) in [5.74, 6) is -0.968. The Kier molecular flexibility index (Phi) is 4.74. The Morgan fingerprint density at radius 2 is 2.24 bits per heavy atom. The van der Waals surface area contributed by atoms with Gasteiger partial charge in [0.25, 0.3) is 0 Å². The van der Waals surface area contributed by atoms with Crippen LogP contribution in [0.2, 0.25) is 0 Å². The van der Waals surface area contributed by atoms with Crippen molar-refractivity contribution in [1.29, 1.82) is 0 Å². The summed E-state index contributed by atoms with van der Waals surface area (Å²) in [4.78, 5) is 26.0. The average molecular weight is 243 g/mol. The summed E-state index contributed by atoms with van der Waals surface area (Å²) in [5, 5.41) is 9.01. The van der Waals surface area contributed by atoms with Gasteiger partial charge in [-0.1, -0.05) is 6.92 Å². The molecule has 1 saturated heterocycles. The van der Waals surface area contributed by atoms with Crippen LogP contribution in [0.1, 0.15) is 26.2 Å². The third-order valence-corrected chi connectivity index (χ3v) is 3.17. The lowest BCUT2D eigenvalue weighted by molar-refractivity contribution is -0.142. The van der Waals surface area contributed by atoms with E-state index in [9.17, 15) is 9.59 Å². The van der Waals surface area contributed by atoms with Crippen molar-refractivity contribution in [3.05, 3.63) is 0 Å². The van der Waals surface area contributed by atoms with E-state index in [2.05, 4.69) is 0 Å². The second kappa shape index (κ2) is 5.86. The Balaban J connectivity index is 2.64. The van der Waals surface area contributed by atoms with Crippen LogP contribution in [0, 0.1) is 0 Å². The van der Waals surface area contributed by atoms with Gasteiger partial charge in [0.1, 0.15) is 6.04 Å². The predicted octanol–water partition coefficient (Wildman–Crippen LogP) is 0.325. The molecule has 1 aliphatic rings. The van der Waals surface area contributed by atoms with Gasteiger partial charge in [-0.25, -0.2) is 9.59 Å². The number of carbonyl (C=O) groups is 2. The van der Waals surface area contributed by atoms with Crippen molar-refractivity contribution in [2.75, 3.05) is 20.1 Å². The minimum absolute atomic E-state index is 0.00556. The summed E-state index contributed by atoms with van der Waals surface area (Å²) in [5.41, 5.74) is 5.80. The van der Waals surface area contributed by atoms with E-state index in [1.807, 2.05) is 0 Å². The molecule has 1 heterocycles. The van der Waals surface area contributed by atoms with E-state index in [0.717, 1.165) is 12.8 Å². The van der Waals surface area contributed by atoms with Crippen LogP contribution in [0.25, 0.3) is 0 Å². The van der Waals surface area contributed by atoms with Gasteiger partial charge in [-0.15, -0.1) is 0 Å². The molecule has 98 valence electrons. The van der Waals surface area contributed by atoms with Gasteiger partial charge in [-0.05, 0) is 19.3 Å². The number of rotatable bonds is 3. The zero-order chi connectivity index (χ0) is 13.0. The molecule has 3 N–H and O–H groups in total. The van der Waals surface area contributed by atoms with Crippen LogP contribution in [0.4, 0.5) is 4.79 Å². The lowest BCUT2D eigenvalue weighted by Crippen LogP contribution is -2.53. The maximum atomic E-state index is 12.1. The van der Waals surface area contributed by atoms with Crippen LogP contribution in [-0.4, -0.2) is 59.1 Å². The van der Waals surface area contributed by atoms with Gasteiger partial charge in [0, 0.05) is 26.2 Å². The largest absolute Gasteiger partial charge is 0.480 e. The van der Waals surface area contributed by atoms with Gasteiger partial charge in [0.05, 0.1) is 0 Å². The number of carbonyl (C=O) groups excluding carboxylic acids is 1. The number of urea groups is 1. The molecule has 0 radical (unpaired) electrons. The molecule has 2 amide bonds. The zero-order valence-electron chi connectivity index (χ0n) is 10.4. The molecule has 0 aromatic carbocycles. The molecule has 0 aromatic heterocycles. The first-order valence-electron chi connectivity index (χ1n) is 5.97. The molecule has 0 bridgehead atoms. The molecule has 1 fully saturated rings. The molecular weight excluding hydrogens is 222 g/mol. The smallest absolute Gasteiger partial charge is 0.326 e. The van der Waals surface area contributed by atoms with Crippen molar-refractivity contribution < 1.29 is 14.7 Å². The van der Waals surface area contributed by atoms with Gasteiger partial charge in [0.2, 0.25) is 0 Å². The lowest BCUT2D eigenvalue weighted by atomic mass is 10.1. The molecule has 2 unspecified atom stereocenters. The summed E-state index contributed by atoms with van der Waals surface area (Å²) in [6, 6.07) is -0.999. The van der Waals surface area contributed by atoms with Crippen molar-refractivity contribution in [3.63, 3.8) is 0 Å². The van der Waals surface area contributed by atoms with E-state index in [4.69, 9.17) is 10.8 Å². The predicted molar refractivity (Wildman–Crippen MR) is 63.7 cm³/mol. The molecule has 1 aliphatic heterocycles. The lowest BCUT2D eigenvalue weighted by Gasteiger charge is -2.35. The maximum Gasteiger partial charge on any atom is 0.326 e. The second-order valence-corrected chi connectivity index (χ2v) is 4.50. The number of carboxylic acids is 1. The van der Waals surface area contributed by atoms with Gasteiger partial charge in [0.15, 0.2) is 0 Å². The monoisotopic (exact) mass is 243 g/mol. The van der Waals surface area contributed by atoms with Crippen LogP contribution in [-0.2, 0) is 4.79 Å². The fourth-order valence-corrected chi connectivity index (χ4v) is 2.15. The second-order valence-electron chi connectivity index (χ2n) is 4.50. The molecule has 0 spiro atoms. The van der Waals surface area contributed by atoms with Crippen molar-refractivity contribution in [3.8, 4) is 0 Å². The highest BCUT2D eigenvalue weighted by Gasteiger charge is 2.30. The summed E-state index contributed by atoms with van der Waals surface area (Å²) >= 11 is 0. The van der Waals surface area contributed by atoms with E-state index in [1.165, 1.54) is 11.9 Å². The van der Waals surface area contributed by atoms with Gasteiger partial charge in [-0.2, -0.15) is 0 Å².